The number of rotatable bonds is 5. The van der Waals surface area contributed by atoms with Crippen LogP contribution < -0.4 is 9.47 Å². The van der Waals surface area contributed by atoms with Crippen molar-refractivity contribution in [3.63, 3.8) is 0 Å². The Labute approximate surface area is 123 Å². The van der Waals surface area contributed by atoms with E-state index < -0.39 is 5.97 Å². The zero-order valence-corrected chi connectivity index (χ0v) is 12.5. The first kappa shape index (κ1) is 15.0. The van der Waals surface area contributed by atoms with Crippen molar-refractivity contribution >= 4 is 17.6 Å². The third kappa shape index (κ3) is 3.18. The van der Waals surface area contributed by atoms with Crippen LogP contribution in [0, 0.1) is 0 Å². The van der Waals surface area contributed by atoms with E-state index >= 15 is 0 Å². The number of ether oxygens (including phenoxy) is 2. The van der Waals surface area contributed by atoms with Crippen molar-refractivity contribution in [1.82, 2.24) is 0 Å². The van der Waals surface area contributed by atoms with Gasteiger partial charge in [0.05, 0.1) is 5.02 Å². The topological polar surface area (TPSA) is 55.8 Å². The van der Waals surface area contributed by atoms with Gasteiger partial charge in [-0.2, -0.15) is 0 Å². The molecule has 1 aromatic carbocycles. The largest absolute Gasteiger partial charge is 0.486 e. The Morgan fingerprint density at radius 1 is 1.40 bits per heavy atom. The van der Waals surface area contributed by atoms with Gasteiger partial charge in [-0.05, 0) is 36.0 Å². The Morgan fingerprint density at radius 3 is 2.75 bits per heavy atom. The molecule has 110 valence electrons. The van der Waals surface area contributed by atoms with Gasteiger partial charge in [0.15, 0.2) is 11.5 Å². The number of hydrogen-bond donors (Lipinski definition) is 1. The highest BCUT2D eigenvalue weighted by molar-refractivity contribution is 6.33. The minimum Gasteiger partial charge on any atom is -0.486 e. The maximum Gasteiger partial charge on any atom is 0.303 e. The summed E-state index contributed by atoms with van der Waals surface area (Å²) in [5.41, 5.74) is 2.08. The van der Waals surface area contributed by atoms with Crippen LogP contribution in [0.1, 0.15) is 43.7 Å². The molecule has 1 aliphatic rings. The van der Waals surface area contributed by atoms with Gasteiger partial charge in [-0.15, -0.1) is 0 Å². The van der Waals surface area contributed by atoms with Crippen LogP contribution in [0.25, 0.3) is 0 Å². The van der Waals surface area contributed by atoms with E-state index in [4.69, 9.17) is 26.2 Å². The smallest absolute Gasteiger partial charge is 0.303 e. The molecule has 0 saturated carbocycles. The van der Waals surface area contributed by atoms with Gasteiger partial charge in [-0.3, -0.25) is 4.79 Å². The summed E-state index contributed by atoms with van der Waals surface area (Å²) in [6.45, 7) is 5.15. The van der Waals surface area contributed by atoms with Crippen molar-refractivity contribution in [2.75, 3.05) is 13.2 Å². The van der Waals surface area contributed by atoms with Crippen LogP contribution in [0.5, 0.6) is 11.5 Å². The Bertz CT molecular complexity index is 511. The van der Waals surface area contributed by atoms with E-state index in [0.29, 0.717) is 42.6 Å². The molecule has 2 rings (SSSR count). The van der Waals surface area contributed by atoms with Crippen molar-refractivity contribution in [3.05, 3.63) is 22.2 Å². The monoisotopic (exact) mass is 298 g/mol. The number of carbonyl (C=O) groups is 1. The standard InChI is InChI=1S/C15H19ClO4/c1-9(2)13-10(4-3-5-12(17)18)8-11-15(14(13)16)20-7-6-19-11/h8-9H,3-7H2,1-2H3,(H,17,18). The van der Waals surface area contributed by atoms with Gasteiger partial charge in [0.2, 0.25) is 0 Å². The Balaban J connectivity index is 2.33. The lowest BCUT2D eigenvalue weighted by molar-refractivity contribution is -0.137. The second-order valence-electron chi connectivity index (χ2n) is 5.19. The maximum absolute atomic E-state index is 10.6. The van der Waals surface area contributed by atoms with E-state index in [0.717, 1.165) is 11.1 Å². The average molecular weight is 299 g/mol. The number of carboxylic acids is 1. The van der Waals surface area contributed by atoms with E-state index in [1.165, 1.54) is 0 Å². The summed E-state index contributed by atoms with van der Waals surface area (Å²) < 4.78 is 11.2. The summed E-state index contributed by atoms with van der Waals surface area (Å²) in [5, 5.41) is 9.35. The third-order valence-electron chi connectivity index (χ3n) is 3.31. The van der Waals surface area contributed by atoms with Crippen molar-refractivity contribution in [2.24, 2.45) is 0 Å². The van der Waals surface area contributed by atoms with Gasteiger partial charge in [-0.25, -0.2) is 0 Å². The summed E-state index contributed by atoms with van der Waals surface area (Å²) >= 11 is 6.45. The molecule has 0 spiro atoms. The van der Waals surface area contributed by atoms with Crippen LogP contribution in [-0.4, -0.2) is 24.3 Å². The molecule has 4 nitrogen and oxygen atoms in total. The molecule has 0 atom stereocenters. The number of fused-ring (bicyclic) bond motifs is 1. The van der Waals surface area contributed by atoms with Gasteiger partial charge >= 0.3 is 5.97 Å². The molecule has 5 heteroatoms. The highest BCUT2D eigenvalue weighted by atomic mass is 35.5. The highest BCUT2D eigenvalue weighted by Gasteiger charge is 2.23. The highest BCUT2D eigenvalue weighted by Crippen LogP contribution is 2.44. The molecule has 20 heavy (non-hydrogen) atoms. The molecular formula is C15H19ClO4. The van der Waals surface area contributed by atoms with Crippen LogP contribution in [0.3, 0.4) is 0 Å². The zero-order chi connectivity index (χ0) is 14.7. The van der Waals surface area contributed by atoms with Gasteiger partial charge in [0.1, 0.15) is 13.2 Å². The molecule has 0 unspecified atom stereocenters. The second-order valence-corrected chi connectivity index (χ2v) is 5.57. The lowest BCUT2D eigenvalue weighted by atomic mass is 9.93. The van der Waals surface area contributed by atoms with Crippen molar-refractivity contribution in [1.29, 1.82) is 0 Å². The van der Waals surface area contributed by atoms with Gasteiger partial charge < -0.3 is 14.6 Å². The number of halogens is 1. The molecule has 0 fully saturated rings. The number of aliphatic carboxylic acids is 1. The molecule has 0 bridgehead atoms. The minimum absolute atomic E-state index is 0.156. The molecular weight excluding hydrogens is 280 g/mol. The van der Waals surface area contributed by atoms with Gasteiger partial charge in [0, 0.05) is 6.42 Å². The van der Waals surface area contributed by atoms with Crippen LogP contribution in [0.2, 0.25) is 5.02 Å². The molecule has 0 amide bonds. The Morgan fingerprint density at radius 2 is 2.10 bits per heavy atom. The van der Waals surface area contributed by atoms with Gasteiger partial charge in [-0.1, -0.05) is 25.4 Å². The average Bonchev–Trinajstić information content (AvgIpc) is 2.38. The third-order valence-corrected chi connectivity index (χ3v) is 3.69. The van der Waals surface area contributed by atoms with Crippen molar-refractivity contribution in [2.45, 2.75) is 39.0 Å². The fraction of sp³-hybridized carbons (Fsp3) is 0.533. The lowest BCUT2D eigenvalue weighted by Gasteiger charge is -2.24. The summed E-state index contributed by atoms with van der Waals surface area (Å²) in [5.74, 6) is 0.748. The minimum atomic E-state index is -0.778. The summed E-state index contributed by atoms with van der Waals surface area (Å²) in [4.78, 5) is 10.6. The van der Waals surface area contributed by atoms with Crippen molar-refractivity contribution < 1.29 is 19.4 Å². The van der Waals surface area contributed by atoms with Crippen LogP contribution in [0.15, 0.2) is 6.07 Å². The summed E-state index contributed by atoms with van der Waals surface area (Å²) in [7, 11) is 0. The maximum atomic E-state index is 10.6. The van der Waals surface area contributed by atoms with E-state index in [1.807, 2.05) is 6.07 Å². The number of carboxylic acid groups (broad SMARTS) is 1. The van der Waals surface area contributed by atoms with E-state index in [2.05, 4.69) is 13.8 Å². The Hall–Kier alpha value is -1.42. The number of benzene rings is 1. The predicted molar refractivity (Wildman–Crippen MR) is 77.1 cm³/mol. The number of aryl methyl sites for hydroxylation is 1. The van der Waals surface area contributed by atoms with E-state index in [-0.39, 0.29) is 12.3 Å². The molecule has 1 N–H and O–H groups in total. The van der Waals surface area contributed by atoms with Gasteiger partial charge in [0.25, 0.3) is 0 Å². The van der Waals surface area contributed by atoms with Crippen LogP contribution >= 0.6 is 11.6 Å². The predicted octanol–water partition coefficient (Wildman–Crippen LogP) is 3.64. The van der Waals surface area contributed by atoms with E-state index in [9.17, 15) is 4.79 Å². The van der Waals surface area contributed by atoms with Crippen molar-refractivity contribution in [3.8, 4) is 11.5 Å². The lowest BCUT2D eigenvalue weighted by Crippen LogP contribution is -2.17. The SMILES string of the molecule is CC(C)c1c(CCCC(=O)O)cc2c(c1Cl)OCCO2. The van der Waals surface area contributed by atoms with E-state index in [1.54, 1.807) is 0 Å². The summed E-state index contributed by atoms with van der Waals surface area (Å²) in [6, 6.07) is 1.94. The summed E-state index contributed by atoms with van der Waals surface area (Å²) in [6.07, 6.45) is 1.42. The molecule has 1 heterocycles. The molecule has 0 aromatic heterocycles. The van der Waals surface area contributed by atoms with Crippen LogP contribution in [0.4, 0.5) is 0 Å². The first-order chi connectivity index (χ1) is 9.50. The molecule has 1 aliphatic heterocycles. The Kier molecular flexibility index (Phi) is 4.76. The fourth-order valence-electron chi connectivity index (χ4n) is 2.47. The molecule has 0 aliphatic carbocycles. The first-order valence-corrected chi connectivity index (χ1v) is 7.21. The number of hydrogen-bond acceptors (Lipinski definition) is 3. The second kappa shape index (κ2) is 6.35. The normalized spacial score (nSPS) is 13.6. The zero-order valence-electron chi connectivity index (χ0n) is 11.7. The van der Waals surface area contributed by atoms with Crippen LogP contribution in [-0.2, 0) is 11.2 Å². The first-order valence-electron chi connectivity index (χ1n) is 6.83. The molecule has 0 saturated heterocycles. The molecule has 1 aromatic rings. The quantitative estimate of drug-likeness (QED) is 0.901. The molecule has 0 radical (unpaired) electrons. The fourth-order valence-corrected chi connectivity index (χ4v) is 2.96.